The summed E-state index contributed by atoms with van der Waals surface area (Å²) in [5, 5.41) is 0. The fourth-order valence-corrected chi connectivity index (χ4v) is 4.02. The summed E-state index contributed by atoms with van der Waals surface area (Å²) in [6.07, 6.45) is 2.65. The predicted octanol–water partition coefficient (Wildman–Crippen LogP) is 2.17. The number of sulfonamides is 1. The SMILES string of the molecule is COc1c(C)cc(C(=O)[C@H]2CCCN(S(C)(=O)=O)C2)cc1C. The molecule has 6 heteroatoms. The molecule has 0 saturated carbocycles. The van der Waals surface area contributed by atoms with Gasteiger partial charge in [-0.05, 0) is 49.9 Å². The van der Waals surface area contributed by atoms with Crippen LogP contribution in [-0.4, -0.2) is 45.0 Å². The highest BCUT2D eigenvalue weighted by atomic mass is 32.2. The number of hydrogen-bond acceptors (Lipinski definition) is 4. The summed E-state index contributed by atoms with van der Waals surface area (Å²) in [5.74, 6) is 0.538. The van der Waals surface area contributed by atoms with E-state index < -0.39 is 10.0 Å². The third-order valence-electron chi connectivity index (χ3n) is 4.17. The van der Waals surface area contributed by atoms with Crippen molar-refractivity contribution in [2.75, 3.05) is 26.5 Å². The fraction of sp³-hybridized carbons (Fsp3) is 0.562. The molecule has 1 saturated heterocycles. The van der Waals surface area contributed by atoms with Crippen molar-refractivity contribution >= 4 is 15.8 Å². The number of hydrogen-bond donors (Lipinski definition) is 0. The Balaban J connectivity index is 2.25. The van der Waals surface area contributed by atoms with Crippen molar-refractivity contribution in [3.05, 3.63) is 28.8 Å². The lowest BCUT2D eigenvalue weighted by Gasteiger charge is -2.30. The highest BCUT2D eigenvalue weighted by Gasteiger charge is 2.31. The Bertz CT molecular complexity index is 658. The van der Waals surface area contributed by atoms with Crippen LogP contribution in [0.2, 0.25) is 0 Å². The molecule has 0 bridgehead atoms. The van der Waals surface area contributed by atoms with E-state index in [4.69, 9.17) is 4.74 Å². The summed E-state index contributed by atoms with van der Waals surface area (Å²) in [6, 6.07) is 3.65. The van der Waals surface area contributed by atoms with Crippen LogP contribution in [0.25, 0.3) is 0 Å². The fourth-order valence-electron chi connectivity index (χ4n) is 3.11. The van der Waals surface area contributed by atoms with Crippen LogP contribution in [-0.2, 0) is 10.0 Å². The van der Waals surface area contributed by atoms with E-state index in [2.05, 4.69) is 0 Å². The number of ether oxygens (including phenoxy) is 1. The monoisotopic (exact) mass is 325 g/mol. The number of aryl methyl sites for hydroxylation is 2. The molecule has 0 unspecified atom stereocenters. The van der Waals surface area contributed by atoms with E-state index in [1.807, 2.05) is 26.0 Å². The summed E-state index contributed by atoms with van der Waals surface area (Å²) < 4.78 is 30.1. The van der Waals surface area contributed by atoms with Crippen molar-refractivity contribution in [2.45, 2.75) is 26.7 Å². The minimum atomic E-state index is -3.24. The van der Waals surface area contributed by atoms with Crippen molar-refractivity contribution in [1.29, 1.82) is 0 Å². The second-order valence-electron chi connectivity index (χ2n) is 5.97. The van der Waals surface area contributed by atoms with Crippen LogP contribution in [0.1, 0.15) is 34.3 Å². The van der Waals surface area contributed by atoms with Crippen LogP contribution in [0.4, 0.5) is 0 Å². The minimum Gasteiger partial charge on any atom is -0.496 e. The van der Waals surface area contributed by atoms with Gasteiger partial charge < -0.3 is 4.74 Å². The van der Waals surface area contributed by atoms with Crippen LogP contribution in [0.15, 0.2) is 12.1 Å². The molecule has 0 amide bonds. The second-order valence-corrected chi connectivity index (χ2v) is 7.95. The molecule has 2 rings (SSSR count). The van der Waals surface area contributed by atoms with Crippen molar-refractivity contribution in [2.24, 2.45) is 5.92 Å². The first-order chi connectivity index (χ1) is 10.2. The van der Waals surface area contributed by atoms with Gasteiger partial charge in [-0.25, -0.2) is 12.7 Å². The molecule has 1 aromatic carbocycles. The van der Waals surface area contributed by atoms with E-state index in [0.29, 0.717) is 12.1 Å². The van der Waals surface area contributed by atoms with Gasteiger partial charge >= 0.3 is 0 Å². The molecule has 22 heavy (non-hydrogen) atoms. The van der Waals surface area contributed by atoms with Crippen LogP contribution in [0.3, 0.4) is 0 Å². The van der Waals surface area contributed by atoms with Gasteiger partial charge in [0.2, 0.25) is 10.0 Å². The summed E-state index contributed by atoms with van der Waals surface area (Å²) >= 11 is 0. The summed E-state index contributed by atoms with van der Waals surface area (Å²) in [7, 11) is -1.63. The number of ketones is 1. The number of piperidine rings is 1. The number of Topliss-reactive ketones (excluding diaryl/α,β-unsaturated/α-hetero) is 1. The molecule has 1 atom stereocenters. The van der Waals surface area contributed by atoms with Crippen LogP contribution in [0.5, 0.6) is 5.75 Å². The van der Waals surface area contributed by atoms with Crippen molar-refractivity contribution in [1.82, 2.24) is 4.31 Å². The van der Waals surface area contributed by atoms with E-state index in [9.17, 15) is 13.2 Å². The van der Waals surface area contributed by atoms with Crippen LogP contribution < -0.4 is 4.74 Å². The number of carbonyl (C=O) groups is 1. The Morgan fingerprint density at radius 1 is 1.27 bits per heavy atom. The number of nitrogens with zero attached hydrogens (tertiary/aromatic N) is 1. The normalized spacial score (nSPS) is 19.9. The van der Waals surface area contributed by atoms with Crippen molar-refractivity contribution in [3.8, 4) is 5.75 Å². The average molecular weight is 325 g/mol. The van der Waals surface area contributed by atoms with E-state index in [1.165, 1.54) is 10.6 Å². The van der Waals surface area contributed by atoms with Gasteiger partial charge in [-0.3, -0.25) is 4.79 Å². The van der Waals surface area contributed by atoms with Gasteiger partial charge in [0.15, 0.2) is 5.78 Å². The molecule has 122 valence electrons. The van der Waals surface area contributed by atoms with Gasteiger partial charge in [0.25, 0.3) is 0 Å². The molecule has 1 aliphatic heterocycles. The lowest BCUT2D eigenvalue weighted by atomic mass is 9.89. The Morgan fingerprint density at radius 2 is 1.86 bits per heavy atom. The molecule has 1 fully saturated rings. The first-order valence-corrected chi connectivity index (χ1v) is 9.23. The van der Waals surface area contributed by atoms with Gasteiger partial charge in [0.05, 0.1) is 13.4 Å². The highest BCUT2D eigenvalue weighted by molar-refractivity contribution is 7.88. The first kappa shape index (κ1) is 17.0. The molecule has 5 nitrogen and oxygen atoms in total. The summed E-state index contributed by atoms with van der Waals surface area (Å²) in [6.45, 7) is 4.60. The predicted molar refractivity (Wildman–Crippen MR) is 85.9 cm³/mol. The zero-order valence-corrected chi connectivity index (χ0v) is 14.4. The van der Waals surface area contributed by atoms with E-state index in [-0.39, 0.29) is 18.2 Å². The van der Waals surface area contributed by atoms with Gasteiger partial charge in [-0.15, -0.1) is 0 Å². The Kier molecular flexibility index (Phi) is 4.92. The van der Waals surface area contributed by atoms with E-state index in [0.717, 1.165) is 29.7 Å². The zero-order chi connectivity index (χ0) is 16.5. The molecular formula is C16H23NO4S. The third kappa shape index (κ3) is 3.50. The smallest absolute Gasteiger partial charge is 0.211 e. The number of rotatable bonds is 4. The third-order valence-corrected chi connectivity index (χ3v) is 5.44. The molecular weight excluding hydrogens is 302 g/mol. The molecule has 1 aromatic rings. The van der Waals surface area contributed by atoms with Crippen LogP contribution >= 0.6 is 0 Å². The largest absolute Gasteiger partial charge is 0.496 e. The maximum atomic E-state index is 12.7. The Labute approximate surface area is 132 Å². The van der Waals surface area contributed by atoms with Crippen LogP contribution in [0, 0.1) is 19.8 Å². The van der Waals surface area contributed by atoms with E-state index in [1.54, 1.807) is 7.11 Å². The van der Waals surface area contributed by atoms with Gasteiger partial charge in [-0.2, -0.15) is 0 Å². The maximum Gasteiger partial charge on any atom is 0.211 e. The lowest BCUT2D eigenvalue weighted by molar-refractivity contribution is 0.0872. The first-order valence-electron chi connectivity index (χ1n) is 7.38. The maximum absolute atomic E-state index is 12.7. The Hall–Kier alpha value is -1.40. The zero-order valence-electron chi connectivity index (χ0n) is 13.5. The number of methoxy groups -OCH3 is 1. The number of benzene rings is 1. The average Bonchev–Trinajstić information content (AvgIpc) is 2.45. The highest BCUT2D eigenvalue weighted by Crippen LogP contribution is 2.28. The van der Waals surface area contributed by atoms with E-state index >= 15 is 0 Å². The Morgan fingerprint density at radius 3 is 2.36 bits per heavy atom. The molecule has 1 aliphatic rings. The summed E-state index contributed by atoms with van der Waals surface area (Å²) in [4.78, 5) is 12.7. The topological polar surface area (TPSA) is 63.7 Å². The van der Waals surface area contributed by atoms with Crippen molar-refractivity contribution in [3.63, 3.8) is 0 Å². The number of carbonyl (C=O) groups excluding carboxylic acids is 1. The second kappa shape index (κ2) is 6.38. The van der Waals surface area contributed by atoms with Gasteiger partial charge in [-0.1, -0.05) is 0 Å². The molecule has 0 aromatic heterocycles. The molecule has 0 N–H and O–H groups in total. The molecule has 0 radical (unpaired) electrons. The lowest BCUT2D eigenvalue weighted by Crippen LogP contribution is -2.41. The van der Waals surface area contributed by atoms with Gasteiger partial charge in [0, 0.05) is 24.6 Å². The van der Waals surface area contributed by atoms with Gasteiger partial charge in [0.1, 0.15) is 5.75 Å². The summed E-state index contributed by atoms with van der Waals surface area (Å²) in [5.41, 5.74) is 2.47. The molecule has 1 heterocycles. The standard InChI is InChI=1S/C16H23NO4S/c1-11-8-14(9-12(2)16(11)21-3)15(18)13-6-5-7-17(10-13)22(4,19)20/h8-9,13H,5-7,10H2,1-4H3/t13-/m0/s1. The van der Waals surface area contributed by atoms with Crippen molar-refractivity contribution < 1.29 is 17.9 Å². The molecule has 0 spiro atoms. The quantitative estimate of drug-likeness (QED) is 0.796. The molecule has 0 aliphatic carbocycles. The minimum absolute atomic E-state index is 0.0159.